The molecule has 0 radical (unpaired) electrons. The molecule has 16 heavy (non-hydrogen) atoms. The number of ether oxygens (including phenoxy) is 1. The summed E-state index contributed by atoms with van der Waals surface area (Å²) in [6.07, 6.45) is 2.92. The fourth-order valence-electron chi connectivity index (χ4n) is 0.903. The topological polar surface area (TPSA) is 54.0 Å². The molecule has 0 spiro atoms. The molecule has 0 unspecified atom stereocenters. The van der Waals surface area contributed by atoms with Gasteiger partial charge in [0.15, 0.2) is 0 Å². The molecule has 0 aliphatic rings. The Balaban J connectivity index is 4.16. The monoisotopic (exact) mass is 246 g/mol. The molecule has 0 aromatic rings. The fraction of sp³-hybridized carbons (Fsp3) is 0.500. The number of esters is 1. The number of carbonyl (C=O) groups is 1. The Labute approximate surface area is 97.0 Å². The van der Waals surface area contributed by atoms with Crippen LogP contribution >= 0.6 is 0 Å². The molecule has 0 saturated carbocycles. The van der Waals surface area contributed by atoms with E-state index < -0.39 is 14.8 Å². The van der Waals surface area contributed by atoms with Gasteiger partial charge in [-0.3, -0.25) is 0 Å². The highest BCUT2D eigenvalue weighted by molar-refractivity contribution is 6.61. The van der Waals surface area contributed by atoms with E-state index in [2.05, 4.69) is 6.58 Å². The third-order valence-corrected chi connectivity index (χ3v) is 4.52. The summed E-state index contributed by atoms with van der Waals surface area (Å²) >= 11 is 0. The molecule has 92 valence electrons. The van der Waals surface area contributed by atoms with Crippen molar-refractivity contribution in [3.8, 4) is 0 Å². The van der Waals surface area contributed by atoms with Crippen LogP contribution in [0.2, 0.25) is 6.04 Å². The minimum absolute atomic E-state index is 0.346. The van der Waals surface area contributed by atoms with Crippen LogP contribution in [0, 0.1) is 0 Å². The molecule has 0 aliphatic carbocycles. The van der Waals surface area contributed by atoms with E-state index in [1.54, 1.807) is 13.0 Å². The number of hydrogen-bond donors (Lipinski definition) is 0. The molecule has 0 N–H and O–H groups in total. The van der Waals surface area contributed by atoms with Gasteiger partial charge >= 0.3 is 14.8 Å². The highest BCUT2D eigenvalue weighted by Gasteiger charge is 2.36. The van der Waals surface area contributed by atoms with Crippen LogP contribution in [0.25, 0.3) is 0 Å². The number of hydrogen-bond acceptors (Lipinski definition) is 5. The van der Waals surface area contributed by atoms with E-state index in [1.807, 2.05) is 0 Å². The molecule has 0 atom stereocenters. The van der Waals surface area contributed by atoms with E-state index in [0.29, 0.717) is 11.6 Å². The van der Waals surface area contributed by atoms with Crippen LogP contribution < -0.4 is 0 Å². The molecule has 0 aromatic heterocycles. The van der Waals surface area contributed by atoms with Gasteiger partial charge in [-0.1, -0.05) is 6.58 Å². The third-order valence-electron chi connectivity index (χ3n) is 1.92. The molecule has 5 nitrogen and oxygen atoms in total. The predicted octanol–water partition coefficient (Wildman–Crippen LogP) is 1.50. The first-order valence-corrected chi connectivity index (χ1v) is 6.61. The van der Waals surface area contributed by atoms with Gasteiger partial charge in [0.2, 0.25) is 0 Å². The summed E-state index contributed by atoms with van der Waals surface area (Å²) in [6, 6.07) is 0.431. The first-order chi connectivity index (χ1) is 7.51. The smallest absolute Gasteiger partial charge is 0.432 e. The zero-order chi connectivity index (χ0) is 12.6. The van der Waals surface area contributed by atoms with Crippen LogP contribution in [0.15, 0.2) is 24.5 Å². The Bertz CT molecular complexity index is 262. The Kier molecular flexibility index (Phi) is 6.90. The third kappa shape index (κ3) is 4.71. The lowest BCUT2D eigenvalue weighted by Crippen LogP contribution is -2.42. The second-order valence-corrected chi connectivity index (χ2v) is 6.06. The van der Waals surface area contributed by atoms with Crippen LogP contribution in [0.4, 0.5) is 0 Å². The van der Waals surface area contributed by atoms with Crippen molar-refractivity contribution in [1.29, 1.82) is 0 Å². The van der Waals surface area contributed by atoms with Crippen LogP contribution in [0.3, 0.4) is 0 Å². The Hall–Kier alpha value is -0.953. The average molecular weight is 246 g/mol. The zero-order valence-corrected chi connectivity index (χ0v) is 11.1. The SMILES string of the molecule is C=C(C)C(=O)O/C=C/C[Si](OC)(OC)OC. The first kappa shape index (κ1) is 15.0. The fourth-order valence-corrected chi connectivity index (χ4v) is 2.29. The Morgan fingerprint density at radius 3 is 2.12 bits per heavy atom. The minimum Gasteiger partial charge on any atom is -0.432 e. The van der Waals surface area contributed by atoms with Crippen molar-refractivity contribution in [3.63, 3.8) is 0 Å². The van der Waals surface area contributed by atoms with Gasteiger partial charge in [-0.15, -0.1) is 0 Å². The first-order valence-electron chi connectivity index (χ1n) is 4.68. The van der Waals surface area contributed by atoms with Gasteiger partial charge in [0.1, 0.15) is 0 Å². The van der Waals surface area contributed by atoms with Gasteiger partial charge < -0.3 is 18.0 Å². The maximum Gasteiger partial charge on any atom is 0.504 e. The second kappa shape index (κ2) is 7.34. The molecule has 0 aromatic carbocycles. The van der Waals surface area contributed by atoms with Crippen molar-refractivity contribution in [2.45, 2.75) is 13.0 Å². The van der Waals surface area contributed by atoms with E-state index in [4.69, 9.17) is 18.0 Å². The molecule has 0 rings (SSSR count). The number of rotatable bonds is 7. The standard InChI is InChI=1S/C10H18O5Si/c1-9(2)10(11)15-7-6-8-16(12-3,13-4)14-5/h6-7H,1,8H2,2-5H3/b7-6+. The molecular weight excluding hydrogens is 228 g/mol. The van der Waals surface area contributed by atoms with Crippen molar-refractivity contribution in [2.24, 2.45) is 0 Å². The maximum absolute atomic E-state index is 11.0. The quantitative estimate of drug-likeness (QED) is 0.295. The van der Waals surface area contributed by atoms with E-state index in [1.165, 1.54) is 27.6 Å². The van der Waals surface area contributed by atoms with Crippen LogP contribution in [-0.4, -0.2) is 36.1 Å². The molecular formula is C10H18O5Si. The van der Waals surface area contributed by atoms with Crippen molar-refractivity contribution in [3.05, 3.63) is 24.5 Å². The Morgan fingerprint density at radius 2 is 1.75 bits per heavy atom. The predicted molar refractivity (Wildman–Crippen MR) is 61.6 cm³/mol. The van der Waals surface area contributed by atoms with E-state index in [-0.39, 0.29) is 0 Å². The summed E-state index contributed by atoms with van der Waals surface area (Å²) in [5, 5.41) is 0. The second-order valence-electron chi connectivity index (χ2n) is 3.06. The average Bonchev–Trinajstić information content (AvgIpc) is 2.30. The van der Waals surface area contributed by atoms with Crippen molar-refractivity contribution >= 4 is 14.8 Å². The summed E-state index contributed by atoms with van der Waals surface area (Å²) in [6.45, 7) is 5.04. The summed E-state index contributed by atoms with van der Waals surface area (Å²) in [5.41, 5.74) is 0.346. The summed E-state index contributed by atoms with van der Waals surface area (Å²) < 4.78 is 20.3. The van der Waals surface area contributed by atoms with Crippen molar-refractivity contribution in [2.75, 3.05) is 21.3 Å². The lowest BCUT2D eigenvalue weighted by Gasteiger charge is -2.22. The lowest BCUT2D eigenvalue weighted by atomic mass is 10.4. The molecule has 6 heteroatoms. The molecule has 0 aliphatic heterocycles. The van der Waals surface area contributed by atoms with Gasteiger partial charge in [0, 0.05) is 32.9 Å². The largest absolute Gasteiger partial charge is 0.504 e. The molecule has 0 fully saturated rings. The van der Waals surface area contributed by atoms with Crippen LogP contribution in [0.5, 0.6) is 0 Å². The normalized spacial score (nSPS) is 11.8. The van der Waals surface area contributed by atoms with Gasteiger partial charge in [-0.25, -0.2) is 4.79 Å². The van der Waals surface area contributed by atoms with E-state index in [9.17, 15) is 4.79 Å². The minimum atomic E-state index is -2.62. The molecule has 0 bridgehead atoms. The van der Waals surface area contributed by atoms with Gasteiger partial charge in [0.05, 0.1) is 6.26 Å². The van der Waals surface area contributed by atoms with Gasteiger partial charge in [-0.05, 0) is 13.0 Å². The summed E-state index contributed by atoms with van der Waals surface area (Å²) in [4.78, 5) is 11.0. The van der Waals surface area contributed by atoms with Gasteiger partial charge in [-0.2, -0.15) is 0 Å². The van der Waals surface area contributed by atoms with Crippen molar-refractivity contribution in [1.82, 2.24) is 0 Å². The lowest BCUT2D eigenvalue weighted by molar-refractivity contribution is -0.133. The Morgan fingerprint density at radius 1 is 1.25 bits per heavy atom. The maximum atomic E-state index is 11.0. The van der Waals surface area contributed by atoms with Crippen LogP contribution in [0.1, 0.15) is 6.92 Å². The zero-order valence-electron chi connectivity index (χ0n) is 10.1. The van der Waals surface area contributed by atoms with Crippen LogP contribution in [-0.2, 0) is 22.8 Å². The molecule has 0 amide bonds. The van der Waals surface area contributed by atoms with Crippen molar-refractivity contribution < 1.29 is 22.8 Å². The molecule has 0 heterocycles. The highest BCUT2D eigenvalue weighted by atomic mass is 28.4. The number of allylic oxidation sites excluding steroid dienone is 1. The van der Waals surface area contributed by atoms with E-state index in [0.717, 1.165) is 0 Å². The van der Waals surface area contributed by atoms with E-state index >= 15 is 0 Å². The summed E-state index contributed by atoms with van der Waals surface area (Å²) in [5.74, 6) is -0.462. The summed E-state index contributed by atoms with van der Waals surface area (Å²) in [7, 11) is 1.95. The van der Waals surface area contributed by atoms with Gasteiger partial charge in [0.25, 0.3) is 0 Å². The number of carbonyl (C=O) groups excluding carboxylic acids is 1. The molecule has 0 saturated heterocycles. The highest BCUT2D eigenvalue weighted by Crippen LogP contribution is 2.12.